The Balaban J connectivity index is 2.30. The molecular formula is C21H27NO6. The standard InChI is InChI=1S/C21H27NO6/c1-5-14-11-12-20-15(9-8-10-17(24)22(14)20)13(4)18(25)21(20,16(23)6-2)28-19(26)27-7-3/h5,14H,1,6-12H2,2-4H3/t14-,20-,21-/m0/s1. The van der Waals surface area contributed by atoms with E-state index < -0.39 is 28.9 Å². The fourth-order valence-electron chi connectivity index (χ4n) is 5.26. The molecule has 1 spiro atoms. The lowest BCUT2D eigenvalue weighted by Crippen LogP contribution is -2.69. The number of hydrogen-bond donors (Lipinski definition) is 0. The molecule has 2 saturated heterocycles. The molecule has 152 valence electrons. The van der Waals surface area contributed by atoms with E-state index in [2.05, 4.69) is 6.58 Å². The molecule has 0 aromatic rings. The Bertz CT molecular complexity index is 784. The topological polar surface area (TPSA) is 90.0 Å². The molecule has 0 unspecified atom stereocenters. The van der Waals surface area contributed by atoms with Crippen molar-refractivity contribution in [1.82, 2.24) is 4.90 Å². The summed E-state index contributed by atoms with van der Waals surface area (Å²) >= 11 is 0. The number of rotatable bonds is 5. The van der Waals surface area contributed by atoms with Crippen molar-refractivity contribution in [2.75, 3.05) is 6.61 Å². The van der Waals surface area contributed by atoms with Gasteiger partial charge in [-0.3, -0.25) is 14.4 Å². The first-order valence-corrected chi connectivity index (χ1v) is 9.90. The molecular weight excluding hydrogens is 362 g/mol. The largest absolute Gasteiger partial charge is 0.509 e. The van der Waals surface area contributed by atoms with Gasteiger partial charge < -0.3 is 14.4 Å². The summed E-state index contributed by atoms with van der Waals surface area (Å²) in [6, 6.07) is -0.325. The zero-order valence-corrected chi connectivity index (χ0v) is 16.7. The van der Waals surface area contributed by atoms with Crippen LogP contribution in [0.5, 0.6) is 0 Å². The Morgan fingerprint density at radius 1 is 1.29 bits per heavy atom. The minimum Gasteiger partial charge on any atom is -0.435 e. The Kier molecular flexibility index (Phi) is 5.21. The second-order valence-corrected chi connectivity index (χ2v) is 7.49. The summed E-state index contributed by atoms with van der Waals surface area (Å²) in [6.45, 7) is 8.79. The molecule has 0 radical (unpaired) electrons. The maximum Gasteiger partial charge on any atom is 0.509 e. The molecule has 1 amide bonds. The molecule has 0 bridgehead atoms. The molecule has 2 fully saturated rings. The van der Waals surface area contributed by atoms with Crippen LogP contribution in [0.1, 0.15) is 59.3 Å². The highest BCUT2D eigenvalue weighted by molar-refractivity contribution is 6.23. The highest BCUT2D eigenvalue weighted by Crippen LogP contribution is 2.58. The van der Waals surface area contributed by atoms with Crippen LogP contribution in [0.3, 0.4) is 0 Å². The highest BCUT2D eigenvalue weighted by atomic mass is 16.7. The van der Waals surface area contributed by atoms with Gasteiger partial charge in [-0.25, -0.2) is 4.79 Å². The summed E-state index contributed by atoms with van der Waals surface area (Å²) in [5, 5.41) is 0. The van der Waals surface area contributed by atoms with Gasteiger partial charge in [0, 0.05) is 12.8 Å². The van der Waals surface area contributed by atoms with E-state index in [4.69, 9.17) is 9.47 Å². The molecule has 0 aromatic carbocycles. The fraction of sp³-hybridized carbons (Fsp3) is 0.619. The Morgan fingerprint density at radius 3 is 2.61 bits per heavy atom. The van der Waals surface area contributed by atoms with Gasteiger partial charge in [-0.2, -0.15) is 0 Å². The quantitative estimate of drug-likeness (QED) is 0.408. The van der Waals surface area contributed by atoms with Crippen molar-refractivity contribution in [3.05, 3.63) is 23.8 Å². The van der Waals surface area contributed by atoms with Crippen molar-refractivity contribution < 1.29 is 28.7 Å². The summed E-state index contributed by atoms with van der Waals surface area (Å²) in [4.78, 5) is 53.9. The van der Waals surface area contributed by atoms with Crippen LogP contribution in [0, 0.1) is 0 Å². The third-order valence-electron chi connectivity index (χ3n) is 6.31. The van der Waals surface area contributed by atoms with Gasteiger partial charge in [-0.15, -0.1) is 6.58 Å². The van der Waals surface area contributed by atoms with E-state index in [1.807, 2.05) is 0 Å². The Hall–Kier alpha value is -2.44. The predicted molar refractivity (Wildman–Crippen MR) is 100 cm³/mol. The van der Waals surface area contributed by atoms with Crippen LogP contribution < -0.4 is 0 Å². The van der Waals surface area contributed by atoms with Crippen LogP contribution in [0.2, 0.25) is 0 Å². The molecule has 1 aliphatic carbocycles. The molecule has 2 heterocycles. The number of Topliss-reactive ketones (excluding diaryl/α,β-unsaturated/α-hetero) is 2. The summed E-state index contributed by atoms with van der Waals surface area (Å²) in [5.74, 6) is -1.20. The number of carbonyl (C=O) groups excluding carboxylic acids is 4. The summed E-state index contributed by atoms with van der Waals surface area (Å²) < 4.78 is 10.6. The SMILES string of the molecule is C=C[C@H]1CC[C@]23C(=C(C)C(=O)[C@@]2(OC(=O)OCC)C(=O)CC)CCCC(=O)N13. The van der Waals surface area contributed by atoms with Crippen LogP contribution >= 0.6 is 0 Å². The van der Waals surface area contributed by atoms with Gasteiger partial charge in [0.15, 0.2) is 5.78 Å². The lowest BCUT2D eigenvalue weighted by atomic mass is 9.72. The van der Waals surface area contributed by atoms with Gasteiger partial charge >= 0.3 is 6.16 Å². The Labute approximate surface area is 164 Å². The first-order chi connectivity index (χ1) is 13.3. The second kappa shape index (κ2) is 7.18. The monoisotopic (exact) mass is 389 g/mol. The number of ketones is 2. The summed E-state index contributed by atoms with van der Waals surface area (Å²) in [5.41, 5.74) is -2.24. The first-order valence-electron chi connectivity index (χ1n) is 9.90. The molecule has 3 aliphatic rings. The molecule has 3 rings (SSSR count). The lowest BCUT2D eigenvalue weighted by Gasteiger charge is -2.47. The minimum absolute atomic E-state index is 0.00571. The number of amides is 1. The number of carbonyl (C=O) groups is 4. The zero-order valence-electron chi connectivity index (χ0n) is 16.7. The molecule has 28 heavy (non-hydrogen) atoms. The van der Waals surface area contributed by atoms with Crippen molar-refractivity contribution in [3.8, 4) is 0 Å². The van der Waals surface area contributed by atoms with E-state index in [9.17, 15) is 19.2 Å². The van der Waals surface area contributed by atoms with Crippen molar-refractivity contribution in [2.45, 2.75) is 76.5 Å². The van der Waals surface area contributed by atoms with Gasteiger partial charge in [-0.05, 0) is 50.7 Å². The Morgan fingerprint density at radius 2 is 2.00 bits per heavy atom. The average molecular weight is 389 g/mol. The lowest BCUT2D eigenvalue weighted by molar-refractivity contribution is -0.167. The van der Waals surface area contributed by atoms with E-state index in [1.165, 1.54) is 0 Å². The van der Waals surface area contributed by atoms with Crippen LogP contribution in [0.4, 0.5) is 4.79 Å². The van der Waals surface area contributed by atoms with Crippen molar-refractivity contribution in [1.29, 1.82) is 0 Å². The van der Waals surface area contributed by atoms with E-state index in [-0.39, 0.29) is 25.0 Å². The third kappa shape index (κ3) is 2.41. The molecule has 7 heteroatoms. The molecule has 3 atom stereocenters. The van der Waals surface area contributed by atoms with Crippen LogP contribution in [-0.2, 0) is 23.9 Å². The second-order valence-electron chi connectivity index (χ2n) is 7.49. The van der Waals surface area contributed by atoms with E-state index in [0.29, 0.717) is 37.7 Å². The van der Waals surface area contributed by atoms with Gasteiger partial charge in [0.2, 0.25) is 11.7 Å². The van der Waals surface area contributed by atoms with E-state index >= 15 is 0 Å². The van der Waals surface area contributed by atoms with Crippen molar-refractivity contribution >= 4 is 23.6 Å². The number of hydrogen-bond acceptors (Lipinski definition) is 6. The average Bonchev–Trinajstić information content (AvgIpc) is 3.08. The predicted octanol–water partition coefficient (Wildman–Crippen LogP) is 2.88. The highest BCUT2D eigenvalue weighted by Gasteiger charge is 2.75. The zero-order chi connectivity index (χ0) is 20.7. The van der Waals surface area contributed by atoms with Gasteiger partial charge in [0.05, 0.1) is 12.6 Å². The van der Waals surface area contributed by atoms with E-state index in [1.54, 1.807) is 31.7 Å². The maximum atomic E-state index is 13.5. The first kappa shape index (κ1) is 20.3. The van der Waals surface area contributed by atoms with Crippen LogP contribution in [0.25, 0.3) is 0 Å². The normalized spacial score (nSPS) is 32.0. The summed E-state index contributed by atoms with van der Waals surface area (Å²) in [6.07, 6.45) is 2.90. The van der Waals surface area contributed by atoms with Crippen molar-refractivity contribution in [2.24, 2.45) is 0 Å². The van der Waals surface area contributed by atoms with E-state index in [0.717, 1.165) is 5.57 Å². The molecule has 0 N–H and O–H groups in total. The fourth-order valence-corrected chi connectivity index (χ4v) is 5.26. The summed E-state index contributed by atoms with van der Waals surface area (Å²) in [7, 11) is 0. The number of nitrogens with zero attached hydrogens (tertiary/aromatic N) is 1. The maximum absolute atomic E-state index is 13.5. The van der Waals surface area contributed by atoms with Crippen molar-refractivity contribution in [3.63, 3.8) is 0 Å². The third-order valence-corrected chi connectivity index (χ3v) is 6.31. The van der Waals surface area contributed by atoms with Gasteiger partial charge in [0.25, 0.3) is 5.60 Å². The van der Waals surface area contributed by atoms with Gasteiger partial charge in [0.1, 0.15) is 5.54 Å². The number of ether oxygens (including phenoxy) is 2. The van der Waals surface area contributed by atoms with Crippen LogP contribution in [-0.4, -0.2) is 52.3 Å². The molecule has 2 aliphatic heterocycles. The molecule has 0 saturated carbocycles. The van der Waals surface area contributed by atoms with Crippen LogP contribution in [0.15, 0.2) is 23.8 Å². The smallest absolute Gasteiger partial charge is 0.435 e. The molecule has 0 aromatic heterocycles. The minimum atomic E-state index is -2.09. The van der Waals surface area contributed by atoms with Gasteiger partial charge in [-0.1, -0.05) is 13.0 Å². The molecule has 7 nitrogen and oxygen atoms in total.